The molecule has 82 valence electrons. The van der Waals surface area contributed by atoms with Crippen molar-refractivity contribution in [2.45, 2.75) is 0 Å². The average Bonchev–Trinajstić information content (AvgIpc) is 2.28. The van der Waals surface area contributed by atoms with Gasteiger partial charge in [-0.15, -0.1) is 0 Å². The fourth-order valence-corrected chi connectivity index (χ4v) is 2.69. The van der Waals surface area contributed by atoms with Crippen molar-refractivity contribution in [3.63, 3.8) is 0 Å². The van der Waals surface area contributed by atoms with Crippen molar-refractivity contribution in [2.75, 3.05) is 7.11 Å². The van der Waals surface area contributed by atoms with Crippen LogP contribution in [0.2, 0.25) is 5.02 Å². The fraction of sp³-hybridized carbons (Fsp3) is 0.0833. The van der Waals surface area contributed by atoms with Gasteiger partial charge in [0, 0.05) is 14.9 Å². The SMILES string of the molecule is COC(=O)c1ccc2cccc(Cl)c2c1Br. The normalized spacial score (nSPS) is 10.4. The van der Waals surface area contributed by atoms with Gasteiger partial charge in [-0.25, -0.2) is 4.79 Å². The number of methoxy groups -OCH3 is 1. The molecule has 0 spiro atoms. The molecule has 2 rings (SSSR count). The van der Waals surface area contributed by atoms with Crippen molar-refractivity contribution in [1.29, 1.82) is 0 Å². The van der Waals surface area contributed by atoms with Crippen molar-refractivity contribution in [2.24, 2.45) is 0 Å². The number of ether oxygens (including phenoxy) is 1. The van der Waals surface area contributed by atoms with Gasteiger partial charge in [0.2, 0.25) is 0 Å². The largest absolute Gasteiger partial charge is 0.465 e. The van der Waals surface area contributed by atoms with E-state index in [1.807, 2.05) is 18.2 Å². The minimum absolute atomic E-state index is 0.381. The second kappa shape index (κ2) is 4.44. The molecule has 0 aliphatic heterocycles. The molecular formula is C12H8BrClO2. The standard InChI is InChI=1S/C12H8BrClO2/c1-16-12(15)8-6-5-7-3-2-4-9(14)10(7)11(8)13/h2-6H,1H3. The van der Waals surface area contributed by atoms with Crippen LogP contribution >= 0.6 is 27.5 Å². The Bertz CT molecular complexity index is 566. The number of esters is 1. The molecule has 0 radical (unpaired) electrons. The zero-order chi connectivity index (χ0) is 11.7. The Morgan fingerprint density at radius 3 is 2.75 bits per heavy atom. The van der Waals surface area contributed by atoms with Crippen LogP contribution in [0, 0.1) is 0 Å². The number of hydrogen-bond donors (Lipinski definition) is 0. The molecule has 0 fully saturated rings. The van der Waals surface area contributed by atoms with Crippen molar-refractivity contribution >= 4 is 44.3 Å². The number of halogens is 2. The predicted molar refractivity (Wildman–Crippen MR) is 68.0 cm³/mol. The van der Waals surface area contributed by atoms with Gasteiger partial charge < -0.3 is 4.74 Å². The molecule has 0 saturated carbocycles. The Balaban J connectivity index is 2.78. The molecular weight excluding hydrogens is 291 g/mol. The molecule has 0 aliphatic carbocycles. The Morgan fingerprint density at radius 2 is 2.06 bits per heavy atom. The van der Waals surface area contributed by atoms with Gasteiger partial charge in [-0.2, -0.15) is 0 Å². The highest BCUT2D eigenvalue weighted by Crippen LogP contribution is 2.33. The summed E-state index contributed by atoms with van der Waals surface area (Å²) in [5, 5.41) is 2.41. The van der Waals surface area contributed by atoms with E-state index in [0.717, 1.165) is 10.8 Å². The molecule has 16 heavy (non-hydrogen) atoms. The molecule has 2 aromatic carbocycles. The molecule has 0 aliphatic rings. The van der Waals surface area contributed by atoms with Crippen LogP contribution in [0.25, 0.3) is 10.8 Å². The molecule has 2 aromatic rings. The zero-order valence-corrected chi connectivity index (χ0v) is 10.8. The van der Waals surface area contributed by atoms with Crippen LogP contribution in [0.5, 0.6) is 0 Å². The number of hydrogen-bond acceptors (Lipinski definition) is 2. The molecule has 4 heteroatoms. The monoisotopic (exact) mass is 298 g/mol. The Kier molecular flexibility index (Phi) is 3.17. The van der Waals surface area contributed by atoms with Crippen LogP contribution in [0.1, 0.15) is 10.4 Å². The summed E-state index contributed by atoms with van der Waals surface area (Å²) in [6, 6.07) is 9.16. The Labute approximate surface area is 106 Å². The first-order valence-electron chi connectivity index (χ1n) is 4.60. The van der Waals surface area contributed by atoms with E-state index >= 15 is 0 Å². The molecule has 0 N–H and O–H groups in total. The number of fused-ring (bicyclic) bond motifs is 1. The first-order valence-corrected chi connectivity index (χ1v) is 5.77. The van der Waals surface area contributed by atoms with E-state index in [1.165, 1.54) is 7.11 Å². The number of benzene rings is 2. The molecule has 2 nitrogen and oxygen atoms in total. The third-order valence-corrected chi connectivity index (χ3v) is 3.48. The van der Waals surface area contributed by atoms with Crippen molar-refractivity contribution in [3.05, 3.63) is 45.4 Å². The smallest absolute Gasteiger partial charge is 0.339 e. The van der Waals surface area contributed by atoms with Gasteiger partial charge in [0.05, 0.1) is 12.7 Å². The van der Waals surface area contributed by atoms with Crippen LogP contribution < -0.4 is 0 Å². The quantitative estimate of drug-likeness (QED) is 0.743. The van der Waals surface area contributed by atoms with E-state index < -0.39 is 0 Å². The third kappa shape index (κ3) is 1.81. The molecule has 0 unspecified atom stereocenters. The fourth-order valence-electron chi connectivity index (χ4n) is 1.56. The second-order valence-corrected chi connectivity index (χ2v) is 4.46. The highest BCUT2D eigenvalue weighted by atomic mass is 79.9. The van der Waals surface area contributed by atoms with E-state index in [0.29, 0.717) is 15.1 Å². The topological polar surface area (TPSA) is 26.3 Å². The van der Waals surface area contributed by atoms with Gasteiger partial charge >= 0.3 is 5.97 Å². The van der Waals surface area contributed by atoms with Crippen LogP contribution in [0.15, 0.2) is 34.8 Å². The summed E-state index contributed by atoms with van der Waals surface area (Å²) in [7, 11) is 1.35. The maximum atomic E-state index is 11.5. The lowest BCUT2D eigenvalue weighted by Gasteiger charge is -2.07. The van der Waals surface area contributed by atoms with E-state index in [9.17, 15) is 4.79 Å². The number of carbonyl (C=O) groups is 1. The number of rotatable bonds is 1. The van der Waals surface area contributed by atoms with Crippen LogP contribution in [0.4, 0.5) is 0 Å². The minimum atomic E-state index is -0.381. The lowest BCUT2D eigenvalue weighted by molar-refractivity contribution is 0.0600. The van der Waals surface area contributed by atoms with Gasteiger partial charge in [0.1, 0.15) is 0 Å². The molecule has 0 amide bonds. The van der Waals surface area contributed by atoms with Gasteiger partial charge in [-0.1, -0.05) is 29.8 Å². The van der Waals surface area contributed by atoms with Gasteiger partial charge in [-0.3, -0.25) is 0 Å². The molecule has 0 atom stereocenters. The first kappa shape index (κ1) is 11.4. The molecule has 0 heterocycles. The third-order valence-electron chi connectivity index (χ3n) is 2.34. The summed E-state index contributed by atoms with van der Waals surface area (Å²) in [5.41, 5.74) is 0.475. The van der Waals surface area contributed by atoms with Gasteiger partial charge in [0.25, 0.3) is 0 Å². The lowest BCUT2D eigenvalue weighted by atomic mass is 10.1. The van der Waals surface area contributed by atoms with Crippen molar-refractivity contribution < 1.29 is 9.53 Å². The summed E-state index contributed by atoms with van der Waals surface area (Å²) in [6.45, 7) is 0. The summed E-state index contributed by atoms with van der Waals surface area (Å²) in [4.78, 5) is 11.5. The van der Waals surface area contributed by atoms with Crippen LogP contribution in [-0.2, 0) is 4.74 Å². The van der Waals surface area contributed by atoms with E-state index in [4.69, 9.17) is 16.3 Å². The molecule has 0 bridgehead atoms. The molecule has 0 saturated heterocycles. The van der Waals surface area contributed by atoms with E-state index in [-0.39, 0.29) is 5.97 Å². The van der Waals surface area contributed by atoms with Gasteiger partial charge in [0.15, 0.2) is 0 Å². The predicted octanol–water partition coefficient (Wildman–Crippen LogP) is 4.04. The van der Waals surface area contributed by atoms with Crippen LogP contribution in [0.3, 0.4) is 0 Å². The Hall–Kier alpha value is -1.06. The summed E-state index contributed by atoms with van der Waals surface area (Å²) < 4.78 is 5.36. The Morgan fingerprint density at radius 1 is 1.31 bits per heavy atom. The summed E-state index contributed by atoms with van der Waals surface area (Å²) in [5.74, 6) is -0.381. The highest BCUT2D eigenvalue weighted by molar-refractivity contribution is 9.10. The highest BCUT2D eigenvalue weighted by Gasteiger charge is 2.14. The lowest BCUT2D eigenvalue weighted by Crippen LogP contribution is -2.02. The van der Waals surface area contributed by atoms with Gasteiger partial charge in [-0.05, 0) is 33.4 Å². The summed E-state index contributed by atoms with van der Waals surface area (Å²) >= 11 is 9.49. The van der Waals surface area contributed by atoms with Crippen LogP contribution in [-0.4, -0.2) is 13.1 Å². The number of carbonyl (C=O) groups excluding carboxylic acids is 1. The molecule has 0 aromatic heterocycles. The van der Waals surface area contributed by atoms with Crippen molar-refractivity contribution in [3.8, 4) is 0 Å². The minimum Gasteiger partial charge on any atom is -0.465 e. The zero-order valence-electron chi connectivity index (χ0n) is 8.46. The maximum absolute atomic E-state index is 11.5. The van der Waals surface area contributed by atoms with Crippen molar-refractivity contribution in [1.82, 2.24) is 0 Å². The average molecular weight is 300 g/mol. The summed E-state index contributed by atoms with van der Waals surface area (Å²) in [6.07, 6.45) is 0. The first-order chi connectivity index (χ1) is 7.65. The maximum Gasteiger partial charge on any atom is 0.339 e. The van der Waals surface area contributed by atoms with E-state index in [2.05, 4.69) is 15.9 Å². The van der Waals surface area contributed by atoms with E-state index in [1.54, 1.807) is 12.1 Å². The second-order valence-electron chi connectivity index (χ2n) is 3.26.